The lowest BCUT2D eigenvalue weighted by molar-refractivity contribution is -0.174. The molecule has 2 rings (SSSR count). The fourth-order valence-corrected chi connectivity index (χ4v) is 3.79. The Balaban J connectivity index is 2.30. The second-order valence-corrected chi connectivity index (χ2v) is 6.96. The molecule has 0 spiro atoms. The third-order valence-electron chi connectivity index (χ3n) is 3.52. The lowest BCUT2D eigenvalue weighted by atomic mass is 9.98. The number of hydrogen-bond donors (Lipinski definition) is 2. The van der Waals surface area contributed by atoms with Crippen LogP contribution < -0.4 is 10.5 Å². The van der Waals surface area contributed by atoms with E-state index in [9.17, 15) is 23.1 Å². The number of carbonyl (C=O) groups excluding carboxylic acids is 2. The monoisotopic (exact) mass is 344 g/mol. The van der Waals surface area contributed by atoms with E-state index in [1.165, 1.54) is 19.2 Å². The number of sulfonamides is 1. The molecular formula is C13H16N2O7S. The molecule has 3 N–H and O–H groups in total. The number of rotatable bonds is 5. The van der Waals surface area contributed by atoms with Gasteiger partial charge in [-0.3, -0.25) is 4.79 Å². The molecule has 0 unspecified atom stereocenters. The van der Waals surface area contributed by atoms with Crippen LogP contribution in [0.1, 0.15) is 10.4 Å². The van der Waals surface area contributed by atoms with Gasteiger partial charge in [0.1, 0.15) is 5.75 Å². The molecule has 23 heavy (non-hydrogen) atoms. The fourth-order valence-electron chi connectivity index (χ4n) is 2.22. The van der Waals surface area contributed by atoms with E-state index in [2.05, 4.69) is 4.74 Å². The predicted octanol–water partition coefficient (Wildman–Crippen LogP) is -1.30. The Bertz CT molecular complexity index is 754. The molecule has 0 saturated carbocycles. The molecule has 1 aliphatic rings. The van der Waals surface area contributed by atoms with Crippen LogP contribution in [0.3, 0.4) is 0 Å². The summed E-state index contributed by atoms with van der Waals surface area (Å²) in [5.74, 6) is -1.60. The van der Waals surface area contributed by atoms with Crippen LogP contribution in [0, 0.1) is 0 Å². The molecule has 0 bridgehead atoms. The van der Waals surface area contributed by atoms with Gasteiger partial charge in [0, 0.05) is 0 Å². The largest absolute Gasteiger partial charge is 0.496 e. The highest BCUT2D eigenvalue weighted by Gasteiger charge is 2.53. The van der Waals surface area contributed by atoms with E-state index >= 15 is 0 Å². The lowest BCUT2D eigenvalue weighted by Gasteiger charge is -2.42. The molecule has 1 fully saturated rings. The Morgan fingerprint density at radius 2 is 1.91 bits per heavy atom. The zero-order chi connectivity index (χ0) is 17.4. The van der Waals surface area contributed by atoms with E-state index < -0.39 is 40.6 Å². The van der Waals surface area contributed by atoms with Crippen LogP contribution in [0.15, 0.2) is 23.1 Å². The van der Waals surface area contributed by atoms with E-state index in [0.29, 0.717) is 0 Å². The van der Waals surface area contributed by atoms with E-state index in [1.54, 1.807) is 0 Å². The van der Waals surface area contributed by atoms with E-state index in [1.807, 2.05) is 0 Å². The minimum absolute atomic E-state index is 0.0858. The summed E-state index contributed by atoms with van der Waals surface area (Å²) < 4.78 is 35.2. The molecule has 0 atom stereocenters. The summed E-state index contributed by atoms with van der Waals surface area (Å²) in [5, 5.41) is 9.91. The van der Waals surface area contributed by atoms with Gasteiger partial charge >= 0.3 is 5.97 Å². The van der Waals surface area contributed by atoms with E-state index in [0.717, 1.165) is 17.5 Å². The summed E-state index contributed by atoms with van der Waals surface area (Å²) in [4.78, 5) is 22.6. The summed E-state index contributed by atoms with van der Waals surface area (Å²) >= 11 is 0. The number of nitrogens with zero attached hydrogens (tertiary/aromatic N) is 1. The molecule has 0 radical (unpaired) electrons. The summed E-state index contributed by atoms with van der Waals surface area (Å²) in [6, 6.07) is 3.64. The van der Waals surface area contributed by atoms with Crippen molar-refractivity contribution in [3.8, 4) is 5.75 Å². The maximum absolute atomic E-state index is 12.5. The van der Waals surface area contributed by atoms with Crippen molar-refractivity contribution in [2.24, 2.45) is 5.73 Å². The van der Waals surface area contributed by atoms with Crippen LogP contribution in [0.25, 0.3) is 0 Å². The first kappa shape index (κ1) is 17.2. The third kappa shape index (κ3) is 2.87. The Kier molecular flexibility index (Phi) is 4.33. The highest BCUT2D eigenvalue weighted by molar-refractivity contribution is 7.89. The first-order chi connectivity index (χ1) is 10.7. The normalized spacial score (nSPS) is 17.2. The number of carbonyl (C=O) groups is 2. The zero-order valence-electron chi connectivity index (χ0n) is 12.5. The average molecular weight is 344 g/mol. The van der Waals surface area contributed by atoms with Crippen LogP contribution in [0.5, 0.6) is 5.75 Å². The second kappa shape index (κ2) is 5.80. The first-order valence-corrected chi connectivity index (χ1v) is 7.88. The van der Waals surface area contributed by atoms with Crippen molar-refractivity contribution in [3.63, 3.8) is 0 Å². The SMILES string of the molecule is COC(=O)C1(O)CN(S(=O)(=O)c2ccc(OC)c(C(N)=O)c2)C1. The number of hydrogen-bond acceptors (Lipinski definition) is 7. The van der Waals surface area contributed by atoms with Crippen LogP contribution >= 0.6 is 0 Å². The number of benzene rings is 1. The Morgan fingerprint density at radius 3 is 2.39 bits per heavy atom. The number of aliphatic hydroxyl groups is 1. The van der Waals surface area contributed by atoms with E-state index in [4.69, 9.17) is 10.5 Å². The average Bonchev–Trinajstić information content (AvgIpc) is 2.49. The van der Waals surface area contributed by atoms with Crippen LogP contribution in [0.4, 0.5) is 0 Å². The first-order valence-electron chi connectivity index (χ1n) is 6.44. The molecule has 1 aliphatic heterocycles. The minimum atomic E-state index is -3.99. The highest BCUT2D eigenvalue weighted by atomic mass is 32.2. The molecule has 1 aromatic carbocycles. The summed E-state index contributed by atoms with van der Waals surface area (Å²) in [5.41, 5.74) is 3.25. The smallest absolute Gasteiger partial charge is 0.340 e. The fraction of sp³-hybridized carbons (Fsp3) is 0.385. The number of methoxy groups -OCH3 is 2. The Hall–Kier alpha value is -2.17. The van der Waals surface area contributed by atoms with Gasteiger partial charge in [0.05, 0.1) is 37.8 Å². The minimum Gasteiger partial charge on any atom is -0.496 e. The number of primary amides is 1. The van der Waals surface area contributed by atoms with Crippen molar-refractivity contribution >= 4 is 21.9 Å². The molecule has 9 nitrogen and oxygen atoms in total. The second-order valence-electron chi connectivity index (χ2n) is 5.02. The molecule has 1 aromatic rings. The van der Waals surface area contributed by atoms with Gasteiger partial charge in [0.2, 0.25) is 10.0 Å². The summed E-state index contributed by atoms with van der Waals surface area (Å²) in [6.45, 7) is -0.861. The standard InChI is InChI=1S/C13H16N2O7S/c1-21-10-4-3-8(5-9(10)11(14)16)23(19,20)15-6-13(18,7-15)12(17)22-2/h3-5,18H,6-7H2,1-2H3,(H2,14,16). The highest BCUT2D eigenvalue weighted by Crippen LogP contribution is 2.31. The van der Waals surface area contributed by atoms with Gasteiger partial charge in [-0.25, -0.2) is 13.2 Å². The van der Waals surface area contributed by atoms with Crippen molar-refractivity contribution in [1.29, 1.82) is 0 Å². The lowest BCUT2D eigenvalue weighted by Crippen LogP contribution is -2.67. The summed E-state index contributed by atoms with van der Waals surface area (Å²) in [7, 11) is -1.58. The Labute approximate surface area is 132 Å². The zero-order valence-corrected chi connectivity index (χ0v) is 13.3. The topological polar surface area (TPSA) is 136 Å². The molecule has 126 valence electrons. The van der Waals surface area contributed by atoms with Gasteiger partial charge in [-0.05, 0) is 18.2 Å². The van der Waals surface area contributed by atoms with Gasteiger partial charge < -0.3 is 20.3 Å². The molecule has 0 aromatic heterocycles. The van der Waals surface area contributed by atoms with Crippen LogP contribution in [0.2, 0.25) is 0 Å². The number of β-amino-alcohol motifs (C(OH)–C–C–N with tert-alkyl or cyclic N) is 1. The maximum Gasteiger partial charge on any atom is 0.340 e. The van der Waals surface area contributed by atoms with Gasteiger partial charge in [-0.15, -0.1) is 0 Å². The van der Waals surface area contributed by atoms with Gasteiger partial charge in [0.15, 0.2) is 5.60 Å². The molecule has 1 amide bonds. The number of esters is 1. The van der Waals surface area contributed by atoms with Crippen molar-refractivity contribution in [2.45, 2.75) is 10.5 Å². The van der Waals surface area contributed by atoms with Crippen molar-refractivity contribution in [2.75, 3.05) is 27.3 Å². The number of amides is 1. The number of nitrogens with two attached hydrogens (primary N) is 1. The third-order valence-corrected chi connectivity index (χ3v) is 5.30. The predicted molar refractivity (Wildman–Crippen MR) is 77.2 cm³/mol. The quantitative estimate of drug-likeness (QED) is 0.634. The van der Waals surface area contributed by atoms with Gasteiger partial charge in [0.25, 0.3) is 5.91 Å². The molecular weight excluding hydrogens is 328 g/mol. The molecule has 1 saturated heterocycles. The summed E-state index contributed by atoms with van der Waals surface area (Å²) in [6.07, 6.45) is 0. The maximum atomic E-state index is 12.5. The number of ether oxygens (including phenoxy) is 2. The van der Waals surface area contributed by atoms with Crippen molar-refractivity contribution in [1.82, 2.24) is 4.31 Å². The molecule has 0 aliphatic carbocycles. The molecule has 10 heteroatoms. The van der Waals surface area contributed by atoms with E-state index in [-0.39, 0.29) is 16.2 Å². The Morgan fingerprint density at radius 1 is 1.30 bits per heavy atom. The van der Waals surface area contributed by atoms with Crippen LogP contribution in [-0.2, 0) is 19.6 Å². The molecule has 1 heterocycles. The van der Waals surface area contributed by atoms with Crippen LogP contribution in [-0.4, -0.2) is 62.6 Å². The van der Waals surface area contributed by atoms with Crippen molar-refractivity contribution < 1.29 is 32.6 Å². The van der Waals surface area contributed by atoms with Gasteiger partial charge in [-0.1, -0.05) is 0 Å². The van der Waals surface area contributed by atoms with Gasteiger partial charge in [-0.2, -0.15) is 4.31 Å². The van der Waals surface area contributed by atoms with Crippen molar-refractivity contribution in [3.05, 3.63) is 23.8 Å².